The molecule has 4 rings (SSSR count). The number of aryl methyl sites for hydroxylation is 1. The summed E-state index contributed by atoms with van der Waals surface area (Å²) in [7, 11) is 0. The zero-order valence-electron chi connectivity index (χ0n) is 10.9. The van der Waals surface area contributed by atoms with Gasteiger partial charge in [0.15, 0.2) is 0 Å². The van der Waals surface area contributed by atoms with E-state index in [1.165, 1.54) is 37.9 Å². The first-order valence-corrected chi connectivity index (χ1v) is 6.62. The van der Waals surface area contributed by atoms with Crippen molar-refractivity contribution >= 4 is 32.3 Å². The van der Waals surface area contributed by atoms with E-state index < -0.39 is 0 Å². The van der Waals surface area contributed by atoms with Gasteiger partial charge in [0.05, 0.1) is 0 Å². The second kappa shape index (κ2) is 3.83. The van der Waals surface area contributed by atoms with Crippen molar-refractivity contribution in [3.8, 4) is 0 Å². The third kappa shape index (κ3) is 1.68. The minimum Gasteiger partial charge on any atom is -0.0616 e. The van der Waals surface area contributed by atoms with Crippen molar-refractivity contribution in [2.75, 3.05) is 0 Å². The van der Waals surface area contributed by atoms with E-state index in [0.29, 0.717) is 0 Å². The lowest BCUT2D eigenvalue weighted by molar-refractivity contribution is 1.51. The molecule has 0 aliphatic heterocycles. The zero-order chi connectivity index (χ0) is 12.8. The van der Waals surface area contributed by atoms with Gasteiger partial charge in [-0.25, -0.2) is 0 Å². The fraction of sp³-hybridized carbons (Fsp3) is 0.0526. The van der Waals surface area contributed by atoms with E-state index in [-0.39, 0.29) is 0 Å². The van der Waals surface area contributed by atoms with Crippen LogP contribution in [0.3, 0.4) is 0 Å². The molecule has 4 aromatic rings. The molecule has 19 heavy (non-hydrogen) atoms. The largest absolute Gasteiger partial charge is 0.0616 e. The first-order chi connectivity index (χ1) is 9.29. The van der Waals surface area contributed by atoms with Gasteiger partial charge >= 0.3 is 0 Å². The van der Waals surface area contributed by atoms with E-state index in [1.807, 2.05) is 0 Å². The van der Waals surface area contributed by atoms with E-state index >= 15 is 0 Å². The molecule has 0 aliphatic rings. The van der Waals surface area contributed by atoms with E-state index in [9.17, 15) is 0 Å². The SMILES string of the molecule is Cc1ccc2cc3cc4ccccc4cc3cc2c1. The Morgan fingerprint density at radius 1 is 0.474 bits per heavy atom. The van der Waals surface area contributed by atoms with Crippen LogP contribution in [0.5, 0.6) is 0 Å². The van der Waals surface area contributed by atoms with Gasteiger partial charge in [0.2, 0.25) is 0 Å². The second-order valence-electron chi connectivity index (χ2n) is 5.25. The fourth-order valence-electron chi connectivity index (χ4n) is 2.81. The van der Waals surface area contributed by atoms with E-state index in [1.54, 1.807) is 0 Å². The fourth-order valence-corrected chi connectivity index (χ4v) is 2.81. The molecule has 0 heterocycles. The maximum Gasteiger partial charge on any atom is -0.0171 e. The van der Waals surface area contributed by atoms with Crippen molar-refractivity contribution in [2.24, 2.45) is 0 Å². The highest BCUT2D eigenvalue weighted by molar-refractivity contribution is 6.04. The number of fused-ring (bicyclic) bond motifs is 3. The maximum atomic E-state index is 2.30. The molecular formula is C19H14. The summed E-state index contributed by atoms with van der Waals surface area (Å²) in [5, 5.41) is 7.88. The molecular weight excluding hydrogens is 228 g/mol. The second-order valence-corrected chi connectivity index (χ2v) is 5.25. The predicted octanol–water partition coefficient (Wildman–Crippen LogP) is 5.45. The molecule has 0 N–H and O–H groups in total. The van der Waals surface area contributed by atoms with E-state index in [4.69, 9.17) is 0 Å². The summed E-state index contributed by atoms with van der Waals surface area (Å²) in [6, 6.07) is 24.3. The summed E-state index contributed by atoms with van der Waals surface area (Å²) in [5.74, 6) is 0. The Morgan fingerprint density at radius 2 is 0.947 bits per heavy atom. The van der Waals surface area contributed by atoms with Gasteiger partial charge in [0.25, 0.3) is 0 Å². The average Bonchev–Trinajstić information content (AvgIpc) is 2.43. The first-order valence-electron chi connectivity index (χ1n) is 6.62. The molecule has 0 saturated heterocycles. The average molecular weight is 242 g/mol. The molecule has 0 aliphatic carbocycles. The lowest BCUT2D eigenvalue weighted by Gasteiger charge is -2.05. The van der Waals surface area contributed by atoms with Gasteiger partial charge in [-0.3, -0.25) is 0 Å². The molecule has 0 unspecified atom stereocenters. The van der Waals surface area contributed by atoms with Crippen LogP contribution in [-0.4, -0.2) is 0 Å². The van der Waals surface area contributed by atoms with E-state index in [2.05, 4.69) is 73.7 Å². The van der Waals surface area contributed by atoms with Crippen LogP contribution in [0.4, 0.5) is 0 Å². The summed E-state index contributed by atoms with van der Waals surface area (Å²) in [5.41, 5.74) is 1.31. The number of benzene rings is 4. The van der Waals surface area contributed by atoms with Crippen LogP contribution < -0.4 is 0 Å². The van der Waals surface area contributed by atoms with Crippen LogP contribution >= 0.6 is 0 Å². The van der Waals surface area contributed by atoms with Crippen LogP contribution in [0.2, 0.25) is 0 Å². The molecule has 0 radical (unpaired) electrons. The van der Waals surface area contributed by atoms with Gasteiger partial charge < -0.3 is 0 Å². The molecule has 0 saturated carbocycles. The monoisotopic (exact) mass is 242 g/mol. The molecule has 0 heteroatoms. The molecule has 0 fully saturated rings. The standard InChI is InChI=1S/C19H14/c1-13-6-7-16-11-18-9-14-4-2-3-5-15(14)10-19(18)12-17(16)8-13/h2-12H,1H3. The lowest BCUT2D eigenvalue weighted by Crippen LogP contribution is -1.79. The number of hydrogen-bond donors (Lipinski definition) is 0. The first kappa shape index (κ1) is 10.6. The molecule has 0 bridgehead atoms. The Bertz CT molecular complexity index is 917. The van der Waals surface area contributed by atoms with Crippen molar-refractivity contribution in [2.45, 2.75) is 6.92 Å². The highest BCUT2D eigenvalue weighted by Gasteiger charge is 2.01. The Kier molecular flexibility index (Phi) is 2.13. The van der Waals surface area contributed by atoms with Gasteiger partial charge in [-0.15, -0.1) is 0 Å². The normalized spacial score (nSPS) is 11.4. The summed E-state index contributed by atoms with van der Waals surface area (Å²) in [6.07, 6.45) is 0. The van der Waals surface area contributed by atoms with Crippen LogP contribution in [0, 0.1) is 6.92 Å². The summed E-state index contributed by atoms with van der Waals surface area (Å²) < 4.78 is 0. The van der Waals surface area contributed by atoms with Crippen molar-refractivity contribution in [1.29, 1.82) is 0 Å². The van der Waals surface area contributed by atoms with E-state index in [0.717, 1.165) is 0 Å². The zero-order valence-corrected chi connectivity index (χ0v) is 10.9. The Morgan fingerprint density at radius 3 is 1.58 bits per heavy atom. The summed E-state index contributed by atoms with van der Waals surface area (Å²) in [6.45, 7) is 2.14. The summed E-state index contributed by atoms with van der Waals surface area (Å²) >= 11 is 0. The summed E-state index contributed by atoms with van der Waals surface area (Å²) in [4.78, 5) is 0. The van der Waals surface area contributed by atoms with Crippen LogP contribution in [-0.2, 0) is 0 Å². The highest BCUT2D eigenvalue weighted by atomic mass is 14.0. The van der Waals surface area contributed by atoms with Gasteiger partial charge in [-0.2, -0.15) is 0 Å². The smallest absolute Gasteiger partial charge is 0.0171 e. The maximum absolute atomic E-state index is 2.30. The molecule has 0 nitrogen and oxygen atoms in total. The molecule has 90 valence electrons. The number of rotatable bonds is 0. The molecule has 0 atom stereocenters. The lowest BCUT2D eigenvalue weighted by atomic mass is 9.99. The van der Waals surface area contributed by atoms with Gasteiger partial charge in [-0.1, -0.05) is 48.0 Å². The minimum absolute atomic E-state index is 1.31. The van der Waals surface area contributed by atoms with Crippen molar-refractivity contribution < 1.29 is 0 Å². The Hall–Kier alpha value is -2.34. The van der Waals surface area contributed by atoms with Crippen LogP contribution in [0.15, 0.2) is 66.7 Å². The quantitative estimate of drug-likeness (QED) is 0.359. The van der Waals surface area contributed by atoms with Gasteiger partial charge in [-0.05, 0) is 63.5 Å². The van der Waals surface area contributed by atoms with Crippen LogP contribution in [0.1, 0.15) is 5.56 Å². The van der Waals surface area contributed by atoms with Crippen LogP contribution in [0.25, 0.3) is 32.3 Å². The molecule has 0 spiro atoms. The predicted molar refractivity (Wildman–Crippen MR) is 83.7 cm³/mol. The third-order valence-corrected chi connectivity index (χ3v) is 3.82. The molecule has 0 amide bonds. The van der Waals surface area contributed by atoms with Gasteiger partial charge in [0, 0.05) is 0 Å². The van der Waals surface area contributed by atoms with Crippen molar-refractivity contribution in [3.05, 3.63) is 72.3 Å². The number of hydrogen-bond acceptors (Lipinski definition) is 0. The topological polar surface area (TPSA) is 0 Å². The third-order valence-electron chi connectivity index (χ3n) is 3.82. The highest BCUT2D eigenvalue weighted by Crippen LogP contribution is 2.27. The van der Waals surface area contributed by atoms with Gasteiger partial charge in [0.1, 0.15) is 0 Å². The van der Waals surface area contributed by atoms with Crippen molar-refractivity contribution in [3.63, 3.8) is 0 Å². The Labute approximate surface area is 112 Å². The molecule has 4 aromatic carbocycles. The molecule has 0 aromatic heterocycles. The minimum atomic E-state index is 1.31. The Balaban J connectivity index is 2.16. The van der Waals surface area contributed by atoms with Crippen molar-refractivity contribution in [1.82, 2.24) is 0 Å².